The number of ether oxygens (including phenoxy) is 1. The fraction of sp³-hybridized carbons (Fsp3) is 0.111. The minimum absolute atomic E-state index is 0.0161. The van der Waals surface area contributed by atoms with Crippen LogP contribution < -0.4 is 10.2 Å². The summed E-state index contributed by atoms with van der Waals surface area (Å²) in [5, 5.41) is 21.9. The maximum Gasteiger partial charge on any atom is 0.407 e. The standard InChI is InChI=1S/C27H22N2O6/c30-24-13-14-25(31)29(24)35-26(32)18-11-9-17(10-12-18)15-28-27(33)34-16-23-21-7-3-1-5-19(21)20-6-2-4-8-22(20)23/h1-14,23,30-31H,15-16H2,(H,28,33). The summed E-state index contributed by atoms with van der Waals surface area (Å²) >= 11 is 0. The maximum atomic E-state index is 12.4. The number of aromatic nitrogens is 1. The van der Waals surface area contributed by atoms with Gasteiger partial charge in [-0.25, -0.2) is 9.59 Å². The maximum absolute atomic E-state index is 12.4. The van der Waals surface area contributed by atoms with Crippen molar-refractivity contribution in [2.45, 2.75) is 12.5 Å². The van der Waals surface area contributed by atoms with Gasteiger partial charge in [0.25, 0.3) is 0 Å². The van der Waals surface area contributed by atoms with Crippen molar-refractivity contribution < 1.29 is 29.4 Å². The van der Waals surface area contributed by atoms with Crippen molar-refractivity contribution in [3.05, 3.63) is 107 Å². The van der Waals surface area contributed by atoms with Crippen LogP contribution in [-0.4, -0.2) is 33.6 Å². The number of nitrogens with zero attached hydrogens (tertiary/aromatic N) is 1. The zero-order valence-corrected chi connectivity index (χ0v) is 18.5. The Balaban J connectivity index is 1.15. The Hall–Kier alpha value is -4.72. The summed E-state index contributed by atoms with van der Waals surface area (Å²) in [6.07, 6.45) is -0.533. The first-order valence-corrected chi connectivity index (χ1v) is 11.0. The molecule has 1 aromatic heterocycles. The molecule has 3 N–H and O–H groups in total. The Kier molecular flexibility index (Phi) is 5.85. The minimum atomic E-state index is -0.761. The Morgan fingerprint density at radius 2 is 1.37 bits per heavy atom. The van der Waals surface area contributed by atoms with Crippen molar-refractivity contribution in [1.29, 1.82) is 0 Å². The fourth-order valence-electron chi connectivity index (χ4n) is 4.21. The van der Waals surface area contributed by atoms with Crippen molar-refractivity contribution in [2.24, 2.45) is 0 Å². The second-order valence-electron chi connectivity index (χ2n) is 8.10. The van der Waals surface area contributed by atoms with E-state index < -0.39 is 23.8 Å². The van der Waals surface area contributed by atoms with Gasteiger partial charge in [-0.2, -0.15) is 0 Å². The predicted molar refractivity (Wildman–Crippen MR) is 127 cm³/mol. The second kappa shape index (κ2) is 9.26. The van der Waals surface area contributed by atoms with Crippen LogP contribution in [0.5, 0.6) is 11.8 Å². The zero-order valence-electron chi connectivity index (χ0n) is 18.5. The number of fused-ring (bicyclic) bond motifs is 3. The molecule has 0 atom stereocenters. The summed E-state index contributed by atoms with van der Waals surface area (Å²) in [5.41, 5.74) is 5.58. The summed E-state index contributed by atoms with van der Waals surface area (Å²) < 4.78 is 6.15. The molecule has 5 rings (SSSR count). The molecule has 8 nitrogen and oxygen atoms in total. The van der Waals surface area contributed by atoms with Gasteiger partial charge in [-0.3, -0.25) is 0 Å². The van der Waals surface area contributed by atoms with Gasteiger partial charge in [0.1, 0.15) is 6.61 Å². The van der Waals surface area contributed by atoms with Crippen molar-refractivity contribution in [3.8, 4) is 22.9 Å². The first-order valence-electron chi connectivity index (χ1n) is 11.0. The SMILES string of the molecule is O=C(NCc1ccc(C(=O)On2c(O)ccc2O)cc1)OCC1c2ccccc2-c2ccccc21. The van der Waals surface area contributed by atoms with Crippen LogP contribution in [0.3, 0.4) is 0 Å². The summed E-state index contributed by atoms with van der Waals surface area (Å²) in [6, 6.07) is 25.0. The molecule has 0 fully saturated rings. The molecule has 0 unspecified atom stereocenters. The summed E-state index contributed by atoms with van der Waals surface area (Å²) in [6.45, 7) is 0.439. The molecule has 176 valence electrons. The minimum Gasteiger partial charge on any atom is -0.492 e. The van der Waals surface area contributed by atoms with Crippen molar-refractivity contribution in [3.63, 3.8) is 0 Å². The van der Waals surface area contributed by atoms with E-state index in [2.05, 4.69) is 29.6 Å². The average molecular weight is 470 g/mol. The third kappa shape index (κ3) is 4.41. The largest absolute Gasteiger partial charge is 0.492 e. The number of alkyl carbamates (subject to hydrolysis) is 1. The van der Waals surface area contributed by atoms with E-state index >= 15 is 0 Å². The van der Waals surface area contributed by atoms with Crippen LogP contribution in [0.25, 0.3) is 11.1 Å². The highest BCUT2D eigenvalue weighted by atomic mass is 16.7. The smallest absolute Gasteiger partial charge is 0.407 e. The third-order valence-electron chi connectivity index (χ3n) is 5.94. The number of rotatable bonds is 6. The first kappa shape index (κ1) is 22.1. The normalized spacial score (nSPS) is 12.0. The van der Waals surface area contributed by atoms with Gasteiger partial charge >= 0.3 is 12.1 Å². The molecule has 0 radical (unpaired) electrons. The van der Waals surface area contributed by atoms with Crippen LogP contribution in [0, 0.1) is 0 Å². The number of carbonyl (C=O) groups excluding carboxylic acids is 2. The van der Waals surface area contributed by atoms with Gasteiger partial charge in [-0.1, -0.05) is 60.7 Å². The lowest BCUT2D eigenvalue weighted by Gasteiger charge is -2.14. The Labute approximate surface area is 200 Å². The summed E-state index contributed by atoms with van der Waals surface area (Å²) in [4.78, 5) is 29.5. The number of nitrogens with one attached hydrogen (secondary N) is 1. The second-order valence-corrected chi connectivity index (χ2v) is 8.10. The van der Waals surface area contributed by atoms with Gasteiger partial charge < -0.3 is 25.1 Å². The Morgan fingerprint density at radius 1 is 0.800 bits per heavy atom. The number of carbonyl (C=O) groups is 2. The van der Waals surface area contributed by atoms with E-state index in [0.29, 0.717) is 4.73 Å². The van der Waals surface area contributed by atoms with Gasteiger partial charge in [0.2, 0.25) is 11.8 Å². The summed E-state index contributed by atoms with van der Waals surface area (Å²) in [5.74, 6) is -1.58. The molecule has 1 aliphatic rings. The molecular formula is C27H22N2O6. The molecule has 0 spiro atoms. The van der Waals surface area contributed by atoms with Gasteiger partial charge in [0.05, 0.1) is 5.56 Å². The van der Waals surface area contributed by atoms with Crippen molar-refractivity contribution in [2.75, 3.05) is 6.61 Å². The zero-order chi connectivity index (χ0) is 24.4. The van der Waals surface area contributed by atoms with E-state index in [1.54, 1.807) is 12.1 Å². The van der Waals surface area contributed by atoms with Crippen LogP contribution in [0.4, 0.5) is 4.79 Å². The quantitative estimate of drug-likeness (QED) is 0.390. The number of amides is 1. The van der Waals surface area contributed by atoms with E-state index in [0.717, 1.165) is 27.8 Å². The van der Waals surface area contributed by atoms with Gasteiger partial charge in [0.15, 0.2) is 0 Å². The van der Waals surface area contributed by atoms with E-state index in [-0.39, 0.29) is 24.6 Å². The molecule has 0 aliphatic heterocycles. The fourth-order valence-corrected chi connectivity index (χ4v) is 4.21. The molecule has 0 saturated carbocycles. The van der Waals surface area contributed by atoms with Crippen molar-refractivity contribution >= 4 is 12.1 Å². The van der Waals surface area contributed by atoms with Gasteiger partial charge in [-0.05, 0) is 39.9 Å². The highest BCUT2D eigenvalue weighted by Crippen LogP contribution is 2.44. The van der Waals surface area contributed by atoms with Crippen LogP contribution in [-0.2, 0) is 11.3 Å². The van der Waals surface area contributed by atoms with Crippen LogP contribution in [0.2, 0.25) is 0 Å². The number of hydrogen-bond donors (Lipinski definition) is 3. The molecule has 3 aromatic carbocycles. The van der Waals surface area contributed by atoms with Gasteiger partial charge in [-0.15, -0.1) is 4.73 Å². The Morgan fingerprint density at radius 3 is 1.97 bits per heavy atom. The number of aromatic hydroxyl groups is 2. The van der Waals surface area contributed by atoms with E-state index in [4.69, 9.17) is 9.57 Å². The number of hydrogen-bond acceptors (Lipinski definition) is 6. The van der Waals surface area contributed by atoms with E-state index in [9.17, 15) is 19.8 Å². The molecule has 1 amide bonds. The highest BCUT2D eigenvalue weighted by molar-refractivity contribution is 5.89. The van der Waals surface area contributed by atoms with Crippen LogP contribution in [0.1, 0.15) is 33.0 Å². The molecule has 1 aliphatic carbocycles. The highest BCUT2D eigenvalue weighted by Gasteiger charge is 2.29. The van der Waals surface area contributed by atoms with Crippen LogP contribution in [0.15, 0.2) is 84.9 Å². The van der Waals surface area contributed by atoms with E-state index in [1.807, 2.05) is 24.3 Å². The average Bonchev–Trinajstić information content (AvgIpc) is 3.38. The lowest BCUT2D eigenvalue weighted by atomic mass is 9.98. The molecular weight excluding hydrogens is 448 g/mol. The number of benzene rings is 3. The molecule has 0 bridgehead atoms. The predicted octanol–water partition coefficient (Wildman–Crippen LogP) is 4.21. The molecule has 8 heteroatoms. The first-order chi connectivity index (χ1) is 17.0. The molecule has 35 heavy (non-hydrogen) atoms. The summed E-state index contributed by atoms with van der Waals surface area (Å²) in [7, 11) is 0. The molecule has 4 aromatic rings. The van der Waals surface area contributed by atoms with Gasteiger partial charge in [0, 0.05) is 24.6 Å². The topological polar surface area (TPSA) is 110 Å². The lowest BCUT2D eigenvalue weighted by molar-refractivity contribution is 0.0381. The molecule has 0 saturated heterocycles. The van der Waals surface area contributed by atoms with Crippen molar-refractivity contribution in [1.82, 2.24) is 10.0 Å². The lowest BCUT2D eigenvalue weighted by Crippen LogP contribution is -2.25. The third-order valence-corrected chi connectivity index (χ3v) is 5.94. The van der Waals surface area contributed by atoms with E-state index in [1.165, 1.54) is 24.3 Å². The monoisotopic (exact) mass is 470 g/mol. The van der Waals surface area contributed by atoms with Crippen LogP contribution >= 0.6 is 0 Å². The Bertz CT molecular complexity index is 1330. The molecule has 1 heterocycles.